The molecule has 1 saturated carbocycles. The van der Waals surface area contributed by atoms with Gasteiger partial charge in [-0.25, -0.2) is 0 Å². The average molecular weight is 268 g/mol. The number of aryl methyl sites for hydroxylation is 1. The fourth-order valence-corrected chi connectivity index (χ4v) is 3.15. The molecule has 0 aliphatic heterocycles. The SMILES string of the molecule is CCc1nnsc1C(=O)N(C)C1CCC(N)CC1. The molecule has 0 spiro atoms. The number of hydrogen-bond acceptors (Lipinski definition) is 5. The Kier molecular flexibility index (Phi) is 4.29. The molecule has 0 aromatic carbocycles. The van der Waals surface area contributed by atoms with Crippen LogP contribution in [0.15, 0.2) is 0 Å². The number of carbonyl (C=O) groups is 1. The Morgan fingerprint density at radius 2 is 2.11 bits per heavy atom. The van der Waals surface area contributed by atoms with Crippen LogP contribution in [0.25, 0.3) is 0 Å². The number of hydrogen-bond donors (Lipinski definition) is 1. The summed E-state index contributed by atoms with van der Waals surface area (Å²) >= 11 is 1.20. The summed E-state index contributed by atoms with van der Waals surface area (Å²) in [5, 5.41) is 4.00. The van der Waals surface area contributed by atoms with Crippen molar-refractivity contribution in [2.75, 3.05) is 7.05 Å². The number of carbonyl (C=O) groups excluding carboxylic acids is 1. The Balaban J connectivity index is 2.05. The van der Waals surface area contributed by atoms with E-state index in [1.165, 1.54) is 11.5 Å². The second-order valence-electron chi connectivity index (χ2n) is 4.89. The molecule has 1 amide bonds. The highest BCUT2D eigenvalue weighted by molar-refractivity contribution is 7.07. The van der Waals surface area contributed by atoms with Crippen molar-refractivity contribution in [3.8, 4) is 0 Å². The minimum atomic E-state index is 0.0577. The quantitative estimate of drug-likeness (QED) is 0.900. The van der Waals surface area contributed by atoms with E-state index in [-0.39, 0.29) is 5.91 Å². The van der Waals surface area contributed by atoms with Crippen molar-refractivity contribution in [2.45, 2.75) is 51.1 Å². The Bertz CT molecular complexity index is 412. The Labute approximate surface area is 112 Å². The molecule has 6 heteroatoms. The topological polar surface area (TPSA) is 72.1 Å². The molecular formula is C12H20N4OS. The first-order chi connectivity index (χ1) is 8.63. The Morgan fingerprint density at radius 3 is 2.72 bits per heavy atom. The first-order valence-electron chi connectivity index (χ1n) is 6.47. The lowest BCUT2D eigenvalue weighted by atomic mass is 9.91. The maximum absolute atomic E-state index is 12.4. The maximum atomic E-state index is 12.4. The summed E-state index contributed by atoms with van der Waals surface area (Å²) in [7, 11) is 1.88. The van der Waals surface area contributed by atoms with E-state index >= 15 is 0 Å². The van der Waals surface area contributed by atoms with Gasteiger partial charge in [0.15, 0.2) is 0 Å². The zero-order valence-corrected chi connectivity index (χ0v) is 11.7. The molecule has 5 nitrogen and oxygen atoms in total. The van der Waals surface area contributed by atoms with E-state index in [0.29, 0.717) is 17.0 Å². The van der Waals surface area contributed by atoms with Gasteiger partial charge in [0.25, 0.3) is 5.91 Å². The average Bonchev–Trinajstić information content (AvgIpc) is 2.86. The van der Waals surface area contributed by atoms with Gasteiger partial charge in [-0.3, -0.25) is 4.79 Å². The number of aromatic nitrogens is 2. The molecule has 1 fully saturated rings. The van der Waals surface area contributed by atoms with Crippen LogP contribution in [0.4, 0.5) is 0 Å². The highest BCUT2D eigenvalue weighted by atomic mass is 32.1. The molecule has 2 rings (SSSR count). The molecule has 18 heavy (non-hydrogen) atoms. The van der Waals surface area contributed by atoms with E-state index in [1.54, 1.807) is 0 Å². The van der Waals surface area contributed by atoms with Gasteiger partial charge in [-0.1, -0.05) is 11.4 Å². The van der Waals surface area contributed by atoms with E-state index in [2.05, 4.69) is 9.59 Å². The van der Waals surface area contributed by atoms with Crippen LogP contribution in [0.3, 0.4) is 0 Å². The van der Waals surface area contributed by atoms with Crippen LogP contribution in [-0.4, -0.2) is 39.5 Å². The standard InChI is InChI=1S/C12H20N4OS/c1-3-10-11(18-15-14-10)12(17)16(2)9-6-4-8(13)5-7-9/h8-9H,3-7,13H2,1-2H3. The third-order valence-corrected chi connectivity index (χ3v) is 4.45. The molecular weight excluding hydrogens is 248 g/mol. The molecule has 1 aromatic rings. The lowest BCUT2D eigenvalue weighted by Crippen LogP contribution is -2.41. The molecule has 2 N–H and O–H groups in total. The zero-order chi connectivity index (χ0) is 13.1. The lowest BCUT2D eigenvalue weighted by molar-refractivity contribution is 0.0693. The molecule has 1 aliphatic rings. The fraction of sp³-hybridized carbons (Fsp3) is 0.750. The summed E-state index contributed by atoms with van der Waals surface area (Å²) in [4.78, 5) is 14.9. The summed E-state index contributed by atoms with van der Waals surface area (Å²) < 4.78 is 3.88. The van der Waals surface area contributed by atoms with Gasteiger partial charge in [-0.05, 0) is 43.6 Å². The third-order valence-electron chi connectivity index (χ3n) is 3.69. The van der Waals surface area contributed by atoms with Gasteiger partial charge in [-0.15, -0.1) is 5.10 Å². The molecule has 1 aromatic heterocycles. The molecule has 0 saturated heterocycles. The predicted octanol–water partition coefficient (Wildman–Crippen LogP) is 1.44. The minimum absolute atomic E-state index is 0.0577. The fourth-order valence-electron chi connectivity index (χ4n) is 2.42. The molecule has 1 heterocycles. The summed E-state index contributed by atoms with van der Waals surface area (Å²) in [5.74, 6) is 0.0577. The van der Waals surface area contributed by atoms with Gasteiger partial charge in [0.05, 0.1) is 5.69 Å². The summed E-state index contributed by atoms with van der Waals surface area (Å²) in [6, 6.07) is 0.616. The van der Waals surface area contributed by atoms with Gasteiger partial charge in [0, 0.05) is 19.1 Å². The molecule has 0 atom stereocenters. The van der Waals surface area contributed by atoms with Gasteiger partial charge in [0.2, 0.25) is 0 Å². The van der Waals surface area contributed by atoms with E-state index in [1.807, 2.05) is 18.9 Å². The predicted molar refractivity (Wildman–Crippen MR) is 71.6 cm³/mol. The minimum Gasteiger partial charge on any atom is -0.338 e. The van der Waals surface area contributed by atoms with E-state index in [0.717, 1.165) is 37.8 Å². The van der Waals surface area contributed by atoms with Gasteiger partial charge in [-0.2, -0.15) is 0 Å². The Hall–Kier alpha value is -1.01. The van der Waals surface area contributed by atoms with Crippen molar-refractivity contribution >= 4 is 17.4 Å². The van der Waals surface area contributed by atoms with Crippen LogP contribution in [-0.2, 0) is 6.42 Å². The van der Waals surface area contributed by atoms with Crippen molar-refractivity contribution < 1.29 is 4.79 Å². The van der Waals surface area contributed by atoms with Crippen LogP contribution in [0.1, 0.15) is 48.0 Å². The third kappa shape index (κ3) is 2.70. The van der Waals surface area contributed by atoms with Crippen molar-refractivity contribution in [1.29, 1.82) is 0 Å². The van der Waals surface area contributed by atoms with Crippen molar-refractivity contribution in [3.63, 3.8) is 0 Å². The van der Waals surface area contributed by atoms with Crippen LogP contribution >= 0.6 is 11.5 Å². The smallest absolute Gasteiger partial charge is 0.267 e. The van der Waals surface area contributed by atoms with Gasteiger partial charge < -0.3 is 10.6 Å². The van der Waals surface area contributed by atoms with Crippen LogP contribution in [0, 0.1) is 0 Å². The zero-order valence-electron chi connectivity index (χ0n) is 10.9. The molecule has 0 bridgehead atoms. The first kappa shape index (κ1) is 13.4. The second kappa shape index (κ2) is 5.75. The monoisotopic (exact) mass is 268 g/mol. The molecule has 1 aliphatic carbocycles. The number of rotatable bonds is 3. The number of amides is 1. The van der Waals surface area contributed by atoms with Crippen molar-refractivity contribution in [2.24, 2.45) is 5.73 Å². The lowest BCUT2D eigenvalue weighted by Gasteiger charge is -2.33. The van der Waals surface area contributed by atoms with Gasteiger partial charge in [0.1, 0.15) is 4.88 Å². The van der Waals surface area contributed by atoms with Crippen molar-refractivity contribution in [3.05, 3.63) is 10.6 Å². The summed E-state index contributed by atoms with van der Waals surface area (Å²) in [6.07, 6.45) is 4.75. The number of nitrogens with zero attached hydrogens (tertiary/aromatic N) is 3. The number of nitrogens with two attached hydrogens (primary N) is 1. The highest BCUT2D eigenvalue weighted by Crippen LogP contribution is 2.23. The Morgan fingerprint density at radius 1 is 1.44 bits per heavy atom. The van der Waals surface area contributed by atoms with Crippen LogP contribution in [0.5, 0.6) is 0 Å². The summed E-state index contributed by atoms with van der Waals surface area (Å²) in [5.41, 5.74) is 6.70. The largest absolute Gasteiger partial charge is 0.338 e. The second-order valence-corrected chi connectivity index (χ2v) is 5.64. The molecule has 0 unspecified atom stereocenters. The maximum Gasteiger partial charge on any atom is 0.267 e. The van der Waals surface area contributed by atoms with E-state index < -0.39 is 0 Å². The first-order valence-corrected chi connectivity index (χ1v) is 7.24. The summed E-state index contributed by atoms with van der Waals surface area (Å²) in [6.45, 7) is 1.99. The van der Waals surface area contributed by atoms with Crippen LogP contribution < -0.4 is 5.73 Å². The molecule has 0 radical (unpaired) electrons. The molecule has 100 valence electrons. The normalized spacial score (nSPS) is 23.9. The van der Waals surface area contributed by atoms with Crippen LogP contribution in [0.2, 0.25) is 0 Å². The van der Waals surface area contributed by atoms with E-state index in [4.69, 9.17) is 5.73 Å². The van der Waals surface area contributed by atoms with E-state index in [9.17, 15) is 4.79 Å². The van der Waals surface area contributed by atoms with Crippen molar-refractivity contribution in [1.82, 2.24) is 14.5 Å². The van der Waals surface area contributed by atoms with Gasteiger partial charge >= 0.3 is 0 Å². The highest BCUT2D eigenvalue weighted by Gasteiger charge is 2.27.